The van der Waals surface area contributed by atoms with E-state index in [1.54, 1.807) is 7.11 Å². The van der Waals surface area contributed by atoms with Crippen LogP contribution in [0.1, 0.15) is 24.0 Å². The third-order valence-corrected chi connectivity index (χ3v) is 4.47. The number of methoxy groups -OCH3 is 1. The molecular weight excluding hydrogens is 318 g/mol. The van der Waals surface area contributed by atoms with E-state index in [2.05, 4.69) is 5.32 Å². The molecule has 2 aromatic carbocycles. The molecule has 1 saturated carbocycles. The molecule has 0 saturated heterocycles. The van der Waals surface area contributed by atoms with Gasteiger partial charge in [0.05, 0.1) is 12.5 Å². The number of esters is 1. The number of rotatable bonds is 7. The van der Waals surface area contributed by atoms with Gasteiger partial charge in [0.15, 0.2) is 6.61 Å². The van der Waals surface area contributed by atoms with Crippen LogP contribution in [0, 0.1) is 0 Å². The summed E-state index contributed by atoms with van der Waals surface area (Å²) in [6.45, 7) is 0.0484. The van der Waals surface area contributed by atoms with Crippen molar-refractivity contribution in [3.8, 4) is 5.75 Å². The van der Waals surface area contributed by atoms with Crippen LogP contribution < -0.4 is 10.1 Å². The van der Waals surface area contributed by atoms with Gasteiger partial charge in [0, 0.05) is 12.1 Å². The van der Waals surface area contributed by atoms with Crippen LogP contribution in [0.5, 0.6) is 5.75 Å². The van der Waals surface area contributed by atoms with Crippen molar-refractivity contribution in [3.05, 3.63) is 65.7 Å². The Hall–Kier alpha value is -2.82. The number of amides is 1. The van der Waals surface area contributed by atoms with E-state index in [1.165, 1.54) is 0 Å². The molecule has 0 atom stereocenters. The van der Waals surface area contributed by atoms with E-state index in [-0.39, 0.29) is 18.5 Å². The number of carbonyl (C=O) groups is 2. The molecule has 0 aliphatic heterocycles. The minimum absolute atomic E-state index is 0.275. The van der Waals surface area contributed by atoms with Crippen LogP contribution in [0.25, 0.3) is 0 Å². The summed E-state index contributed by atoms with van der Waals surface area (Å²) in [5, 5.41) is 2.74. The van der Waals surface area contributed by atoms with Crippen LogP contribution in [0.3, 0.4) is 0 Å². The summed E-state index contributed by atoms with van der Waals surface area (Å²) in [7, 11) is 1.58. The highest BCUT2D eigenvalue weighted by Gasteiger charge is 2.52. The zero-order chi connectivity index (χ0) is 17.7. The number of hydrogen-bond acceptors (Lipinski definition) is 4. The highest BCUT2D eigenvalue weighted by molar-refractivity contribution is 5.88. The number of hydrogen-bond donors (Lipinski definition) is 1. The second-order valence-corrected chi connectivity index (χ2v) is 6.11. The molecule has 25 heavy (non-hydrogen) atoms. The molecule has 0 heterocycles. The van der Waals surface area contributed by atoms with E-state index in [4.69, 9.17) is 9.47 Å². The Balaban J connectivity index is 1.50. The topological polar surface area (TPSA) is 64.6 Å². The van der Waals surface area contributed by atoms with Gasteiger partial charge in [-0.1, -0.05) is 48.5 Å². The molecule has 0 bridgehead atoms. The predicted molar refractivity (Wildman–Crippen MR) is 93.2 cm³/mol. The lowest BCUT2D eigenvalue weighted by Crippen LogP contribution is -2.31. The Labute approximate surface area is 147 Å². The largest absolute Gasteiger partial charge is 0.496 e. The SMILES string of the molecule is COc1ccccc1CNC(=O)COC(=O)C1(c2ccccc2)CC1. The van der Waals surface area contributed by atoms with Crippen molar-refractivity contribution in [2.45, 2.75) is 24.8 Å². The first-order chi connectivity index (χ1) is 12.2. The molecule has 1 aliphatic rings. The smallest absolute Gasteiger partial charge is 0.317 e. The molecule has 0 aromatic heterocycles. The van der Waals surface area contributed by atoms with Crippen molar-refractivity contribution < 1.29 is 19.1 Å². The molecule has 1 amide bonds. The molecule has 0 radical (unpaired) electrons. The first-order valence-corrected chi connectivity index (χ1v) is 8.27. The van der Waals surface area contributed by atoms with Crippen LogP contribution in [-0.4, -0.2) is 25.6 Å². The van der Waals surface area contributed by atoms with Crippen molar-refractivity contribution in [2.24, 2.45) is 0 Å². The van der Waals surface area contributed by atoms with E-state index in [0.717, 1.165) is 24.0 Å². The normalized spacial score (nSPS) is 14.4. The van der Waals surface area contributed by atoms with Gasteiger partial charge < -0.3 is 14.8 Å². The average Bonchev–Trinajstić information content (AvgIpc) is 3.47. The predicted octanol–water partition coefficient (Wildman–Crippen LogP) is 2.59. The van der Waals surface area contributed by atoms with E-state index >= 15 is 0 Å². The average molecular weight is 339 g/mol. The Bertz CT molecular complexity index is 753. The van der Waals surface area contributed by atoms with Gasteiger partial charge >= 0.3 is 5.97 Å². The van der Waals surface area contributed by atoms with Gasteiger partial charge in [-0.25, -0.2) is 0 Å². The van der Waals surface area contributed by atoms with Crippen molar-refractivity contribution in [1.82, 2.24) is 5.32 Å². The fraction of sp³-hybridized carbons (Fsp3) is 0.300. The van der Waals surface area contributed by atoms with E-state index in [1.807, 2.05) is 54.6 Å². The lowest BCUT2D eigenvalue weighted by Gasteiger charge is -2.15. The Morgan fingerprint density at radius 2 is 1.72 bits per heavy atom. The van der Waals surface area contributed by atoms with Crippen LogP contribution in [0.4, 0.5) is 0 Å². The molecule has 5 heteroatoms. The van der Waals surface area contributed by atoms with Crippen LogP contribution in [0.2, 0.25) is 0 Å². The summed E-state index contributed by atoms with van der Waals surface area (Å²) in [4.78, 5) is 24.4. The maximum absolute atomic E-state index is 12.4. The highest BCUT2D eigenvalue weighted by atomic mass is 16.5. The molecule has 1 fully saturated rings. The van der Waals surface area contributed by atoms with Crippen molar-refractivity contribution in [3.63, 3.8) is 0 Å². The Kier molecular flexibility index (Phi) is 5.03. The third-order valence-electron chi connectivity index (χ3n) is 4.47. The van der Waals surface area contributed by atoms with Crippen LogP contribution >= 0.6 is 0 Å². The fourth-order valence-electron chi connectivity index (χ4n) is 2.86. The first kappa shape index (κ1) is 17.0. The standard InChI is InChI=1S/C20H21NO4/c1-24-17-10-6-5-7-15(17)13-21-18(22)14-25-19(23)20(11-12-20)16-8-3-2-4-9-16/h2-10H,11-14H2,1H3,(H,21,22). The molecular formula is C20H21NO4. The molecule has 1 N–H and O–H groups in total. The first-order valence-electron chi connectivity index (χ1n) is 8.27. The second kappa shape index (κ2) is 7.38. The van der Waals surface area contributed by atoms with Gasteiger partial charge in [0.25, 0.3) is 5.91 Å². The summed E-state index contributed by atoms with van der Waals surface area (Å²) in [6, 6.07) is 17.0. The zero-order valence-electron chi connectivity index (χ0n) is 14.2. The van der Waals surface area contributed by atoms with Crippen LogP contribution in [0.15, 0.2) is 54.6 Å². The minimum Gasteiger partial charge on any atom is -0.496 e. The number of ether oxygens (including phenoxy) is 2. The Morgan fingerprint density at radius 3 is 2.40 bits per heavy atom. The maximum Gasteiger partial charge on any atom is 0.317 e. The zero-order valence-corrected chi connectivity index (χ0v) is 14.2. The molecule has 3 rings (SSSR count). The monoisotopic (exact) mass is 339 g/mol. The summed E-state index contributed by atoms with van der Waals surface area (Å²) >= 11 is 0. The van der Waals surface area contributed by atoms with Gasteiger partial charge in [-0.05, 0) is 24.5 Å². The van der Waals surface area contributed by atoms with Gasteiger partial charge in [0.2, 0.25) is 0 Å². The third kappa shape index (κ3) is 3.82. The van der Waals surface area contributed by atoms with Gasteiger partial charge in [0.1, 0.15) is 5.75 Å². The fourth-order valence-corrected chi connectivity index (χ4v) is 2.86. The number of para-hydroxylation sites is 1. The number of carbonyl (C=O) groups excluding carboxylic acids is 2. The van der Waals surface area contributed by atoms with Gasteiger partial charge in [-0.15, -0.1) is 0 Å². The molecule has 0 spiro atoms. The molecule has 1 aliphatic carbocycles. The highest BCUT2D eigenvalue weighted by Crippen LogP contribution is 2.49. The summed E-state index contributed by atoms with van der Waals surface area (Å²) in [6.07, 6.45) is 1.53. The Morgan fingerprint density at radius 1 is 1.04 bits per heavy atom. The summed E-state index contributed by atoms with van der Waals surface area (Å²) in [5.74, 6) is 0.0510. The molecule has 2 aromatic rings. The van der Waals surface area contributed by atoms with Gasteiger partial charge in [-0.2, -0.15) is 0 Å². The molecule has 130 valence electrons. The minimum atomic E-state index is -0.565. The van der Waals surface area contributed by atoms with Crippen LogP contribution in [-0.2, 0) is 26.3 Å². The molecule has 0 unspecified atom stereocenters. The van der Waals surface area contributed by atoms with E-state index in [0.29, 0.717) is 12.3 Å². The van der Waals surface area contributed by atoms with Crippen molar-refractivity contribution in [1.29, 1.82) is 0 Å². The van der Waals surface area contributed by atoms with E-state index in [9.17, 15) is 9.59 Å². The maximum atomic E-state index is 12.4. The quantitative estimate of drug-likeness (QED) is 0.788. The lowest BCUT2D eigenvalue weighted by molar-refractivity contribution is -0.151. The van der Waals surface area contributed by atoms with Crippen molar-refractivity contribution >= 4 is 11.9 Å². The summed E-state index contributed by atoms with van der Waals surface area (Å²) in [5.41, 5.74) is 1.26. The van der Waals surface area contributed by atoms with Crippen molar-refractivity contribution in [2.75, 3.05) is 13.7 Å². The summed E-state index contributed by atoms with van der Waals surface area (Å²) < 4.78 is 10.5. The number of nitrogens with one attached hydrogen (secondary N) is 1. The second-order valence-electron chi connectivity index (χ2n) is 6.11. The molecule has 5 nitrogen and oxygen atoms in total. The number of benzene rings is 2. The lowest BCUT2D eigenvalue weighted by atomic mass is 9.96. The van der Waals surface area contributed by atoms with E-state index < -0.39 is 5.41 Å². The van der Waals surface area contributed by atoms with Gasteiger partial charge in [-0.3, -0.25) is 9.59 Å².